The van der Waals surface area contributed by atoms with Gasteiger partial charge >= 0.3 is 0 Å². The van der Waals surface area contributed by atoms with Gasteiger partial charge in [-0.2, -0.15) is 0 Å². The predicted octanol–water partition coefficient (Wildman–Crippen LogP) is 2.97. The van der Waals surface area contributed by atoms with E-state index < -0.39 is 10.0 Å². The van der Waals surface area contributed by atoms with Gasteiger partial charge in [0.1, 0.15) is 11.5 Å². The maximum atomic E-state index is 12.3. The Hall–Kier alpha value is -2.58. The number of aryl methyl sites for hydroxylation is 2. The van der Waals surface area contributed by atoms with E-state index in [4.69, 9.17) is 9.47 Å². The summed E-state index contributed by atoms with van der Waals surface area (Å²) in [5.41, 5.74) is 2.30. The second kappa shape index (κ2) is 9.07. The summed E-state index contributed by atoms with van der Waals surface area (Å²) >= 11 is 0. The molecule has 0 aliphatic carbocycles. The van der Waals surface area contributed by atoms with E-state index in [0.29, 0.717) is 11.4 Å². The van der Waals surface area contributed by atoms with Gasteiger partial charge in [-0.05, 0) is 43.2 Å². The average molecular weight is 407 g/mol. The highest BCUT2D eigenvalue weighted by atomic mass is 32.2. The first kappa shape index (κ1) is 21.7. The van der Waals surface area contributed by atoms with Crippen LogP contribution in [0.25, 0.3) is 0 Å². The molecular formula is C20H26N2O5S. The monoisotopic (exact) mass is 406 g/mol. The number of carbonyl (C=O) groups is 1. The number of amides is 1. The predicted molar refractivity (Wildman–Crippen MR) is 109 cm³/mol. The number of hydrogen-bond donors (Lipinski definition) is 1. The van der Waals surface area contributed by atoms with Crippen molar-refractivity contribution in [3.05, 3.63) is 47.5 Å². The van der Waals surface area contributed by atoms with E-state index in [9.17, 15) is 13.2 Å². The Bertz CT molecular complexity index is 935. The molecular weight excluding hydrogens is 380 g/mol. The molecule has 0 heterocycles. The topological polar surface area (TPSA) is 84.9 Å². The number of benzene rings is 2. The Morgan fingerprint density at radius 3 is 2.32 bits per heavy atom. The van der Waals surface area contributed by atoms with E-state index in [0.717, 1.165) is 21.2 Å². The van der Waals surface area contributed by atoms with Crippen LogP contribution in [0.5, 0.6) is 11.5 Å². The van der Waals surface area contributed by atoms with E-state index in [1.807, 2.05) is 32.0 Å². The number of methoxy groups -OCH3 is 1. The molecule has 0 radical (unpaired) electrons. The van der Waals surface area contributed by atoms with E-state index in [1.54, 1.807) is 0 Å². The molecule has 0 saturated carbocycles. The number of carbonyl (C=O) groups excluding carboxylic acids is 1. The molecule has 0 saturated heterocycles. The van der Waals surface area contributed by atoms with Crippen molar-refractivity contribution in [1.82, 2.24) is 4.31 Å². The molecule has 1 N–H and O–H groups in total. The molecule has 0 aliphatic rings. The minimum Gasteiger partial charge on any atom is -0.495 e. The molecule has 152 valence electrons. The summed E-state index contributed by atoms with van der Waals surface area (Å²) in [6.07, 6.45) is 0.113. The van der Waals surface area contributed by atoms with Gasteiger partial charge in [0.2, 0.25) is 15.9 Å². The van der Waals surface area contributed by atoms with Crippen LogP contribution in [-0.4, -0.2) is 46.4 Å². The van der Waals surface area contributed by atoms with E-state index in [1.165, 1.54) is 39.4 Å². The maximum Gasteiger partial charge on any atom is 0.242 e. The standard InChI is InChI=1S/C20H26N2O5S/c1-14-7-6-8-15(2)20(14)27-12-11-19(23)21-17-13-16(9-10-18(17)26-5)28(24,25)22(3)4/h6-10,13H,11-12H2,1-5H3,(H,21,23). The molecule has 8 heteroatoms. The lowest BCUT2D eigenvalue weighted by Crippen LogP contribution is -2.22. The largest absolute Gasteiger partial charge is 0.495 e. The fraction of sp³-hybridized carbons (Fsp3) is 0.350. The third kappa shape index (κ3) is 5.02. The van der Waals surface area contributed by atoms with Crippen molar-refractivity contribution in [3.8, 4) is 11.5 Å². The molecule has 0 spiro atoms. The van der Waals surface area contributed by atoms with Crippen molar-refractivity contribution >= 4 is 21.6 Å². The summed E-state index contributed by atoms with van der Waals surface area (Å²) in [5.74, 6) is 0.845. The van der Waals surface area contributed by atoms with Crippen LogP contribution in [0.4, 0.5) is 5.69 Å². The second-order valence-corrected chi connectivity index (χ2v) is 8.67. The van der Waals surface area contributed by atoms with Gasteiger partial charge < -0.3 is 14.8 Å². The van der Waals surface area contributed by atoms with Crippen molar-refractivity contribution in [1.29, 1.82) is 0 Å². The third-order valence-electron chi connectivity index (χ3n) is 4.21. The molecule has 7 nitrogen and oxygen atoms in total. The summed E-state index contributed by atoms with van der Waals surface area (Å²) in [7, 11) is 0.727. The first-order valence-corrected chi connectivity index (χ1v) is 10.2. The summed E-state index contributed by atoms with van der Waals surface area (Å²) in [4.78, 5) is 12.4. The number of sulfonamides is 1. The molecule has 0 fully saturated rings. The van der Waals surface area contributed by atoms with Gasteiger partial charge in [0, 0.05) is 14.1 Å². The van der Waals surface area contributed by atoms with Crippen LogP contribution in [-0.2, 0) is 14.8 Å². The van der Waals surface area contributed by atoms with Gasteiger partial charge in [-0.1, -0.05) is 18.2 Å². The molecule has 1 amide bonds. The van der Waals surface area contributed by atoms with Crippen molar-refractivity contribution in [2.24, 2.45) is 0 Å². The smallest absolute Gasteiger partial charge is 0.242 e. The molecule has 2 rings (SSSR count). The van der Waals surface area contributed by atoms with Crippen LogP contribution >= 0.6 is 0 Å². The molecule has 0 unspecified atom stereocenters. The number of ether oxygens (including phenoxy) is 2. The second-order valence-electron chi connectivity index (χ2n) is 6.52. The molecule has 2 aromatic carbocycles. The zero-order valence-electron chi connectivity index (χ0n) is 16.8. The minimum absolute atomic E-state index is 0.0698. The highest BCUT2D eigenvalue weighted by molar-refractivity contribution is 7.89. The van der Waals surface area contributed by atoms with Gasteiger partial charge in [0.15, 0.2) is 0 Å². The van der Waals surface area contributed by atoms with Crippen molar-refractivity contribution < 1.29 is 22.7 Å². The Morgan fingerprint density at radius 1 is 1.11 bits per heavy atom. The van der Waals surface area contributed by atoms with E-state index in [2.05, 4.69) is 5.32 Å². The van der Waals surface area contributed by atoms with Crippen molar-refractivity contribution in [2.45, 2.75) is 25.2 Å². The van der Waals surface area contributed by atoms with Gasteiger partial charge in [0.05, 0.1) is 30.7 Å². The lowest BCUT2D eigenvalue weighted by Gasteiger charge is -2.15. The van der Waals surface area contributed by atoms with E-state index in [-0.39, 0.29) is 23.8 Å². The summed E-state index contributed by atoms with van der Waals surface area (Å²) in [6, 6.07) is 10.2. The normalized spacial score (nSPS) is 11.4. The van der Waals surface area contributed by atoms with Crippen molar-refractivity contribution in [2.75, 3.05) is 33.1 Å². The average Bonchev–Trinajstić information content (AvgIpc) is 2.64. The number of nitrogens with zero attached hydrogens (tertiary/aromatic N) is 1. The summed E-state index contributed by atoms with van der Waals surface area (Å²) in [6.45, 7) is 4.10. The zero-order valence-corrected chi connectivity index (χ0v) is 17.6. The van der Waals surface area contributed by atoms with Crippen LogP contribution in [0.1, 0.15) is 17.5 Å². The number of rotatable bonds is 8. The Kier molecular flexibility index (Phi) is 7.04. The van der Waals surface area contributed by atoms with Crippen LogP contribution in [0.3, 0.4) is 0 Å². The number of hydrogen-bond acceptors (Lipinski definition) is 5. The third-order valence-corrected chi connectivity index (χ3v) is 6.02. The summed E-state index contributed by atoms with van der Waals surface area (Å²) in [5, 5.41) is 2.70. The summed E-state index contributed by atoms with van der Waals surface area (Å²) < 4.78 is 36.7. The first-order valence-electron chi connectivity index (χ1n) is 8.76. The number of nitrogens with one attached hydrogen (secondary N) is 1. The Balaban J connectivity index is 2.08. The van der Waals surface area contributed by atoms with Crippen LogP contribution in [0.2, 0.25) is 0 Å². The fourth-order valence-corrected chi connectivity index (χ4v) is 3.57. The van der Waals surface area contributed by atoms with Crippen LogP contribution in [0, 0.1) is 13.8 Å². The molecule has 2 aromatic rings. The number of anilines is 1. The minimum atomic E-state index is -3.62. The first-order chi connectivity index (χ1) is 13.2. The Morgan fingerprint density at radius 2 is 1.75 bits per heavy atom. The highest BCUT2D eigenvalue weighted by Gasteiger charge is 2.20. The lowest BCUT2D eigenvalue weighted by atomic mass is 10.1. The molecule has 0 bridgehead atoms. The Labute approximate surface area is 166 Å². The number of para-hydroxylation sites is 1. The SMILES string of the molecule is COc1ccc(S(=O)(=O)N(C)C)cc1NC(=O)CCOc1c(C)cccc1C. The van der Waals surface area contributed by atoms with Gasteiger partial charge in [-0.15, -0.1) is 0 Å². The molecule has 0 aliphatic heterocycles. The fourth-order valence-electron chi connectivity index (χ4n) is 2.64. The zero-order chi connectivity index (χ0) is 20.9. The van der Waals surface area contributed by atoms with Crippen molar-refractivity contribution in [3.63, 3.8) is 0 Å². The van der Waals surface area contributed by atoms with Gasteiger partial charge in [-0.25, -0.2) is 12.7 Å². The van der Waals surface area contributed by atoms with E-state index >= 15 is 0 Å². The quantitative estimate of drug-likeness (QED) is 0.729. The molecule has 0 atom stereocenters. The van der Waals surface area contributed by atoms with Gasteiger partial charge in [0.25, 0.3) is 0 Å². The lowest BCUT2D eigenvalue weighted by molar-refractivity contribution is -0.116. The maximum absolute atomic E-state index is 12.3. The molecule has 28 heavy (non-hydrogen) atoms. The molecule has 0 aromatic heterocycles. The van der Waals surface area contributed by atoms with Crippen LogP contribution in [0.15, 0.2) is 41.3 Å². The highest BCUT2D eigenvalue weighted by Crippen LogP contribution is 2.28. The van der Waals surface area contributed by atoms with Gasteiger partial charge in [-0.3, -0.25) is 4.79 Å². The van der Waals surface area contributed by atoms with Crippen LogP contribution < -0.4 is 14.8 Å².